The van der Waals surface area contributed by atoms with Crippen molar-refractivity contribution in [1.29, 1.82) is 0 Å². The molecule has 3 rings (SSSR count). The van der Waals surface area contributed by atoms with Crippen LogP contribution in [-0.2, 0) is 6.18 Å². The van der Waals surface area contributed by atoms with E-state index in [2.05, 4.69) is 10.7 Å². The van der Waals surface area contributed by atoms with Crippen molar-refractivity contribution in [2.24, 2.45) is 0 Å². The van der Waals surface area contributed by atoms with Crippen LogP contribution in [-0.4, -0.2) is 24.7 Å². The average Bonchev–Trinajstić information content (AvgIpc) is 3.01. The van der Waals surface area contributed by atoms with E-state index in [1.165, 1.54) is 6.07 Å². The van der Waals surface area contributed by atoms with Gasteiger partial charge in [-0.2, -0.15) is 13.2 Å². The molecular weight excluding hydrogens is 347 g/mol. The largest absolute Gasteiger partial charge is 0.417 e. The second kappa shape index (κ2) is 7.09. The number of rotatable bonds is 3. The van der Waals surface area contributed by atoms with Gasteiger partial charge in [0.15, 0.2) is 0 Å². The number of nitrogens with zero attached hydrogens (tertiary/aromatic N) is 1. The zero-order valence-electron chi connectivity index (χ0n) is 13.8. The Morgan fingerprint density at radius 2 is 1.92 bits per heavy atom. The SMILES string of the molecule is CN1C=C(c2cc(NC(=O)Oc3ccccc3)cc(C(F)(F)F)c2)CN1. The first-order valence-electron chi connectivity index (χ1n) is 7.75. The summed E-state index contributed by atoms with van der Waals surface area (Å²) in [4.78, 5) is 12.0. The van der Waals surface area contributed by atoms with E-state index in [9.17, 15) is 18.0 Å². The fourth-order valence-corrected chi connectivity index (χ4v) is 2.50. The van der Waals surface area contributed by atoms with E-state index in [1.807, 2.05) is 0 Å². The zero-order valence-corrected chi connectivity index (χ0v) is 13.8. The number of hydrogen-bond acceptors (Lipinski definition) is 4. The van der Waals surface area contributed by atoms with Crippen LogP contribution >= 0.6 is 0 Å². The highest BCUT2D eigenvalue weighted by molar-refractivity contribution is 5.87. The Morgan fingerprint density at radius 1 is 1.19 bits per heavy atom. The number of nitrogens with one attached hydrogen (secondary N) is 2. The van der Waals surface area contributed by atoms with Gasteiger partial charge in [0.05, 0.1) is 5.56 Å². The number of amides is 1. The van der Waals surface area contributed by atoms with Crippen LogP contribution in [0.15, 0.2) is 54.7 Å². The van der Waals surface area contributed by atoms with Crippen molar-refractivity contribution in [2.45, 2.75) is 6.18 Å². The van der Waals surface area contributed by atoms with Gasteiger partial charge in [0, 0.05) is 25.5 Å². The first kappa shape index (κ1) is 17.8. The van der Waals surface area contributed by atoms with E-state index in [0.29, 0.717) is 23.4 Å². The van der Waals surface area contributed by atoms with Gasteiger partial charge in [-0.1, -0.05) is 18.2 Å². The summed E-state index contributed by atoms with van der Waals surface area (Å²) in [5.74, 6) is 0.293. The van der Waals surface area contributed by atoms with E-state index in [1.54, 1.807) is 48.6 Å². The summed E-state index contributed by atoms with van der Waals surface area (Å²) in [6.45, 7) is 0.395. The topological polar surface area (TPSA) is 53.6 Å². The van der Waals surface area contributed by atoms with Crippen LogP contribution in [0.3, 0.4) is 0 Å². The molecule has 2 aromatic rings. The molecule has 1 heterocycles. The fraction of sp³-hybridized carbons (Fsp3) is 0.167. The van der Waals surface area contributed by atoms with E-state index < -0.39 is 17.8 Å². The lowest BCUT2D eigenvalue weighted by Gasteiger charge is -2.13. The predicted octanol–water partition coefficient (Wildman–Crippen LogP) is 4.11. The van der Waals surface area contributed by atoms with E-state index in [4.69, 9.17) is 4.74 Å². The molecule has 0 saturated heterocycles. The average molecular weight is 363 g/mol. The highest BCUT2D eigenvalue weighted by Crippen LogP contribution is 2.34. The van der Waals surface area contributed by atoms with Crippen molar-refractivity contribution in [3.8, 4) is 5.75 Å². The van der Waals surface area contributed by atoms with Crippen LogP contribution in [0.4, 0.5) is 23.7 Å². The van der Waals surface area contributed by atoms with Crippen LogP contribution in [0.1, 0.15) is 11.1 Å². The van der Waals surface area contributed by atoms with Crippen LogP contribution in [0, 0.1) is 0 Å². The van der Waals surface area contributed by atoms with Gasteiger partial charge in [0.2, 0.25) is 0 Å². The molecule has 0 fully saturated rings. The number of carbonyl (C=O) groups excluding carboxylic acids is 1. The molecule has 0 radical (unpaired) electrons. The van der Waals surface area contributed by atoms with Gasteiger partial charge in [0.25, 0.3) is 0 Å². The van der Waals surface area contributed by atoms with Crippen LogP contribution in [0.25, 0.3) is 5.57 Å². The van der Waals surface area contributed by atoms with E-state index in [-0.39, 0.29) is 5.69 Å². The molecule has 1 amide bonds. The van der Waals surface area contributed by atoms with Gasteiger partial charge < -0.3 is 9.75 Å². The molecule has 0 unspecified atom stereocenters. The minimum Gasteiger partial charge on any atom is -0.410 e. The molecule has 5 nitrogen and oxygen atoms in total. The smallest absolute Gasteiger partial charge is 0.410 e. The summed E-state index contributed by atoms with van der Waals surface area (Å²) in [6.07, 6.45) is -3.70. The Kier molecular flexibility index (Phi) is 4.85. The van der Waals surface area contributed by atoms with Crippen molar-refractivity contribution in [2.75, 3.05) is 18.9 Å². The molecule has 136 valence electrons. The van der Waals surface area contributed by atoms with Crippen molar-refractivity contribution in [1.82, 2.24) is 10.4 Å². The lowest BCUT2D eigenvalue weighted by atomic mass is 10.0. The molecule has 0 bridgehead atoms. The lowest BCUT2D eigenvalue weighted by molar-refractivity contribution is -0.137. The standard InChI is InChI=1S/C18H16F3N3O2/c1-24-11-13(10-22-24)12-7-14(18(19,20)21)9-15(8-12)23-17(25)26-16-5-3-2-4-6-16/h2-9,11,22H,10H2,1H3,(H,23,25). The molecule has 0 aliphatic carbocycles. The van der Waals surface area contributed by atoms with Crippen LogP contribution < -0.4 is 15.5 Å². The molecular formula is C18H16F3N3O2. The molecule has 8 heteroatoms. The number of alkyl halides is 3. The Bertz CT molecular complexity index is 835. The number of benzene rings is 2. The van der Waals surface area contributed by atoms with Gasteiger partial charge in [-0.05, 0) is 41.5 Å². The molecule has 2 aromatic carbocycles. The Balaban J connectivity index is 1.86. The minimum absolute atomic E-state index is 0.00575. The number of ether oxygens (including phenoxy) is 1. The van der Waals surface area contributed by atoms with Gasteiger partial charge in [0.1, 0.15) is 5.75 Å². The number of carbonyl (C=O) groups is 1. The number of hydrazine groups is 1. The second-order valence-electron chi connectivity index (χ2n) is 5.72. The maximum atomic E-state index is 13.2. The summed E-state index contributed by atoms with van der Waals surface area (Å²) in [6, 6.07) is 11.7. The summed E-state index contributed by atoms with van der Waals surface area (Å²) < 4.78 is 44.7. The monoisotopic (exact) mass is 363 g/mol. The van der Waals surface area contributed by atoms with Crippen molar-refractivity contribution in [3.63, 3.8) is 0 Å². The predicted molar refractivity (Wildman–Crippen MR) is 91.3 cm³/mol. The van der Waals surface area contributed by atoms with E-state index in [0.717, 1.165) is 12.1 Å². The maximum Gasteiger partial charge on any atom is 0.417 e. The Labute approximate surface area is 148 Å². The van der Waals surface area contributed by atoms with Crippen molar-refractivity contribution in [3.05, 3.63) is 65.9 Å². The van der Waals surface area contributed by atoms with E-state index >= 15 is 0 Å². The third-order valence-corrected chi connectivity index (χ3v) is 3.70. The summed E-state index contributed by atoms with van der Waals surface area (Å²) >= 11 is 0. The molecule has 0 saturated carbocycles. The molecule has 2 N–H and O–H groups in total. The number of para-hydroxylation sites is 1. The van der Waals surface area contributed by atoms with Gasteiger partial charge in [-0.15, -0.1) is 0 Å². The fourth-order valence-electron chi connectivity index (χ4n) is 2.50. The van der Waals surface area contributed by atoms with Gasteiger partial charge in [-0.25, -0.2) is 10.2 Å². The second-order valence-corrected chi connectivity index (χ2v) is 5.72. The lowest BCUT2D eigenvalue weighted by Crippen LogP contribution is -2.23. The normalized spacial score (nSPS) is 14.2. The summed E-state index contributed by atoms with van der Waals surface area (Å²) in [7, 11) is 1.75. The number of halogens is 3. The highest BCUT2D eigenvalue weighted by Gasteiger charge is 2.32. The molecule has 0 aromatic heterocycles. The Morgan fingerprint density at radius 3 is 2.54 bits per heavy atom. The molecule has 0 spiro atoms. The highest BCUT2D eigenvalue weighted by atomic mass is 19.4. The third kappa shape index (κ3) is 4.34. The molecule has 1 aliphatic heterocycles. The first-order valence-corrected chi connectivity index (χ1v) is 7.75. The molecule has 26 heavy (non-hydrogen) atoms. The Hall–Kier alpha value is -3.00. The maximum absolute atomic E-state index is 13.2. The first-order chi connectivity index (χ1) is 12.3. The molecule has 0 atom stereocenters. The van der Waals surface area contributed by atoms with Crippen molar-refractivity contribution >= 4 is 17.4 Å². The van der Waals surface area contributed by atoms with Crippen LogP contribution in [0.5, 0.6) is 5.75 Å². The van der Waals surface area contributed by atoms with Crippen LogP contribution in [0.2, 0.25) is 0 Å². The number of anilines is 1. The number of hydrogen-bond donors (Lipinski definition) is 2. The van der Waals surface area contributed by atoms with Gasteiger partial charge in [-0.3, -0.25) is 5.32 Å². The summed E-state index contributed by atoms with van der Waals surface area (Å²) in [5.41, 5.74) is 3.17. The quantitative estimate of drug-likeness (QED) is 0.862. The third-order valence-electron chi connectivity index (χ3n) is 3.70. The van der Waals surface area contributed by atoms with Gasteiger partial charge >= 0.3 is 12.3 Å². The summed E-state index contributed by atoms with van der Waals surface area (Å²) in [5, 5.41) is 4.01. The minimum atomic E-state index is -4.53. The van der Waals surface area contributed by atoms with Crippen molar-refractivity contribution < 1.29 is 22.7 Å². The molecule has 1 aliphatic rings. The zero-order chi connectivity index (χ0) is 18.7.